The molecule has 27 heavy (non-hydrogen) atoms. The number of carbonyl (C=O) groups is 1. The summed E-state index contributed by atoms with van der Waals surface area (Å²) in [6, 6.07) is 19.1. The highest BCUT2D eigenvalue weighted by molar-refractivity contribution is 6.31. The second kappa shape index (κ2) is 8.64. The predicted molar refractivity (Wildman–Crippen MR) is 109 cm³/mol. The van der Waals surface area contributed by atoms with Crippen LogP contribution in [0.2, 0.25) is 5.02 Å². The first-order valence-electron chi connectivity index (χ1n) is 8.78. The normalized spacial score (nSPS) is 10.5. The number of nitrogens with zero attached hydrogens (tertiary/aromatic N) is 3. The van der Waals surface area contributed by atoms with Gasteiger partial charge in [0.2, 0.25) is 0 Å². The Morgan fingerprint density at radius 3 is 2.48 bits per heavy atom. The third kappa shape index (κ3) is 4.63. The number of aromatic nitrogens is 2. The maximum atomic E-state index is 12.6. The van der Waals surface area contributed by atoms with E-state index in [-0.39, 0.29) is 5.91 Å². The lowest BCUT2D eigenvalue weighted by molar-refractivity contribution is 0.0945. The van der Waals surface area contributed by atoms with E-state index in [1.807, 2.05) is 60.4 Å². The lowest BCUT2D eigenvalue weighted by atomic mass is 10.2. The molecule has 0 fully saturated rings. The van der Waals surface area contributed by atoms with Crippen molar-refractivity contribution in [1.82, 2.24) is 15.3 Å². The van der Waals surface area contributed by atoms with Crippen LogP contribution in [0.1, 0.15) is 28.8 Å². The Bertz CT molecular complexity index is 930. The molecule has 0 radical (unpaired) electrons. The van der Waals surface area contributed by atoms with Gasteiger partial charge in [0, 0.05) is 29.9 Å². The Labute approximate surface area is 164 Å². The quantitative estimate of drug-likeness (QED) is 0.682. The number of anilines is 2. The fourth-order valence-electron chi connectivity index (χ4n) is 2.80. The van der Waals surface area contributed by atoms with Crippen LogP contribution in [0.3, 0.4) is 0 Å². The summed E-state index contributed by atoms with van der Waals surface area (Å²) in [5.41, 5.74) is 2.21. The SMILES string of the molecule is CCN(c1ccccc1)c1cc(C(=O)NCc2ccccc2Cl)nc(C)n1. The first kappa shape index (κ1) is 18.9. The predicted octanol–water partition coefficient (Wildman–Crippen LogP) is 4.53. The molecule has 0 aliphatic rings. The smallest absolute Gasteiger partial charge is 0.270 e. The van der Waals surface area contributed by atoms with E-state index in [2.05, 4.69) is 15.3 Å². The van der Waals surface area contributed by atoms with Crippen molar-refractivity contribution in [2.75, 3.05) is 11.4 Å². The summed E-state index contributed by atoms with van der Waals surface area (Å²) in [5, 5.41) is 3.50. The molecule has 0 unspecified atom stereocenters. The van der Waals surface area contributed by atoms with Crippen molar-refractivity contribution >= 4 is 29.0 Å². The minimum atomic E-state index is -0.259. The van der Waals surface area contributed by atoms with Crippen molar-refractivity contribution in [3.05, 3.63) is 82.8 Å². The third-order valence-corrected chi connectivity index (χ3v) is 4.48. The van der Waals surface area contributed by atoms with E-state index < -0.39 is 0 Å². The molecule has 138 valence electrons. The van der Waals surface area contributed by atoms with E-state index in [0.29, 0.717) is 28.9 Å². The number of hydrogen-bond acceptors (Lipinski definition) is 4. The van der Waals surface area contributed by atoms with Crippen molar-refractivity contribution in [1.29, 1.82) is 0 Å². The summed E-state index contributed by atoms with van der Waals surface area (Å²) in [6.07, 6.45) is 0. The highest BCUT2D eigenvalue weighted by atomic mass is 35.5. The van der Waals surface area contributed by atoms with Crippen LogP contribution in [0.15, 0.2) is 60.7 Å². The first-order valence-corrected chi connectivity index (χ1v) is 9.16. The maximum absolute atomic E-state index is 12.6. The van der Waals surface area contributed by atoms with Gasteiger partial charge in [-0.2, -0.15) is 0 Å². The van der Waals surface area contributed by atoms with Crippen LogP contribution in [0.25, 0.3) is 0 Å². The zero-order valence-corrected chi connectivity index (χ0v) is 16.1. The number of benzene rings is 2. The molecule has 1 amide bonds. The fraction of sp³-hybridized carbons (Fsp3) is 0.190. The summed E-state index contributed by atoms with van der Waals surface area (Å²) in [4.78, 5) is 23.5. The largest absolute Gasteiger partial charge is 0.347 e. The fourth-order valence-corrected chi connectivity index (χ4v) is 3.00. The molecule has 1 aromatic heterocycles. The van der Waals surface area contributed by atoms with Gasteiger partial charge in [0.05, 0.1) is 0 Å². The van der Waals surface area contributed by atoms with Crippen molar-refractivity contribution < 1.29 is 4.79 Å². The molecule has 6 heteroatoms. The number of carbonyl (C=O) groups excluding carboxylic acids is 1. The van der Waals surface area contributed by atoms with Gasteiger partial charge in [0.15, 0.2) is 0 Å². The molecular formula is C21H21ClN4O. The molecule has 0 bridgehead atoms. The van der Waals surface area contributed by atoms with E-state index in [0.717, 1.165) is 17.8 Å². The van der Waals surface area contributed by atoms with E-state index >= 15 is 0 Å². The van der Waals surface area contributed by atoms with Crippen molar-refractivity contribution in [3.8, 4) is 0 Å². The minimum absolute atomic E-state index is 0.259. The second-order valence-electron chi connectivity index (χ2n) is 6.01. The molecule has 0 saturated carbocycles. The number of aryl methyl sites for hydroxylation is 1. The first-order chi connectivity index (χ1) is 13.1. The molecule has 5 nitrogen and oxygen atoms in total. The van der Waals surface area contributed by atoms with Crippen molar-refractivity contribution in [2.24, 2.45) is 0 Å². The molecule has 0 atom stereocenters. The van der Waals surface area contributed by atoms with E-state index in [1.54, 1.807) is 19.1 Å². The van der Waals surface area contributed by atoms with Gasteiger partial charge in [-0.25, -0.2) is 9.97 Å². The van der Waals surface area contributed by atoms with Gasteiger partial charge in [-0.3, -0.25) is 4.79 Å². The van der Waals surface area contributed by atoms with Gasteiger partial charge < -0.3 is 10.2 Å². The van der Waals surface area contributed by atoms with E-state index in [1.165, 1.54) is 0 Å². The van der Waals surface area contributed by atoms with Crippen LogP contribution in [-0.4, -0.2) is 22.4 Å². The molecule has 1 heterocycles. The number of amides is 1. The molecule has 0 spiro atoms. The Hall–Kier alpha value is -2.92. The molecule has 0 aliphatic carbocycles. The highest BCUT2D eigenvalue weighted by Gasteiger charge is 2.15. The second-order valence-corrected chi connectivity index (χ2v) is 6.42. The summed E-state index contributed by atoms with van der Waals surface area (Å²) in [6.45, 7) is 4.89. The van der Waals surface area contributed by atoms with Crippen molar-refractivity contribution in [2.45, 2.75) is 20.4 Å². The summed E-state index contributed by atoms with van der Waals surface area (Å²) < 4.78 is 0. The van der Waals surface area contributed by atoms with Crippen LogP contribution in [0, 0.1) is 6.92 Å². The molecule has 2 aromatic carbocycles. The highest BCUT2D eigenvalue weighted by Crippen LogP contribution is 2.23. The summed E-state index contributed by atoms with van der Waals surface area (Å²) in [7, 11) is 0. The Kier molecular flexibility index (Phi) is 6.04. The van der Waals surface area contributed by atoms with Gasteiger partial charge in [-0.1, -0.05) is 48.0 Å². The summed E-state index contributed by atoms with van der Waals surface area (Å²) in [5.74, 6) is 0.981. The number of rotatable bonds is 6. The standard InChI is InChI=1S/C21H21ClN4O/c1-3-26(17-10-5-4-6-11-17)20-13-19(24-15(2)25-20)21(27)23-14-16-9-7-8-12-18(16)22/h4-13H,3,14H2,1-2H3,(H,23,27). The number of halogens is 1. The van der Waals surface area contributed by atoms with Gasteiger partial charge >= 0.3 is 0 Å². The molecule has 0 aliphatic heterocycles. The Morgan fingerprint density at radius 2 is 1.78 bits per heavy atom. The minimum Gasteiger partial charge on any atom is -0.347 e. The van der Waals surface area contributed by atoms with Gasteiger partial charge in [0.25, 0.3) is 5.91 Å². The average molecular weight is 381 g/mol. The van der Waals surface area contributed by atoms with Crippen LogP contribution >= 0.6 is 11.6 Å². The van der Waals surface area contributed by atoms with Crippen LogP contribution in [0.5, 0.6) is 0 Å². The molecular weight excluding hydrogens is 360 g/mol. The summed E-state index contributed by atoms with van der Waals surface area (Å²) >= 11 is 6.15. The Balaban J connectivity index is 1.82. The molecule has 0 saturated heterocycles. The van der Waals surface area contributed by atoms with Gasteiger partial charge in [-0.05, 0) is 37.6 Å². The van der Waals surface area contributed by atoms with Gasteiger partial charge in [-0.15, -0.1) is 0 Å². The zero-order chi connectivity index (χ0) is 19.2. The molecule has 3 aromatic rings. The lowest BCUT2D eigenvalue weighted by Crippen LogP contribution is -2.25. The van der Waals surface area contributed by atoms with E-state index in [4.69, 9.17) is 11.6 Å². The number of nitrogens with one attached hydrogen (secondary N) is 1. The lowest BCUT2D eigenvalue weighted by Gasteiger charge is -2.22. The number of hydrogen-bond donors (Lipinski definition) is 1. The van der Waals surface area contributed by atoms with Crippen molar-refractivity contribution in [3.63, 3.8) is 0 Å². The average Bonchev–Trinajstić information content (AvgIpc) is 2.68. The zero-order valence-electron chi connectivity index (χ0n) is 15.3. The molecule has 1 N–H and O–H groups in total. The van der Waals surface area contributed by atoms with Crippen LogP contribution in [-0.2, 0) is 6.54 Å². The van der Waals surface area contributed by atoms with Crippen LogP contribution in [0.4, 0.5) is 11.5 Å². The maximum Gasteiger partial charge on any atom is 0.270 e. The third-order valence-electron chi connectivity index (χ3n) is 4.11. The Morgan fingerprint density at radius 1 is 1.07 bits per heavy atom. The monoisotopic (exact) mass is 380 g/mol. The van der Waals surface area contributed by atoms with Crippen LogP contribution < -0.4 is 10.2 Å². The molecule has 3 rings (SSSR count). The topological polar surface area (TPSA) is 58.1 Å². The van der Waals surface area contributed by atoms with E-state index in [9.17, 15) is 4.79 Å². The number of para-hydroxylation sites is 1. The van der Waals surface area contributed by atoms with Gasteiger partial charge in [0.1, 0.15) is 17.3 Å².